The van der Waals surface area contributed by atoms with Gasteiger partial charge in [0, 0.05) is 0 Å². The van der Waals surface area contributed by atoms with Gasteiger partial charge in [-0.2, -0.15) is 0 Å². The van der Waals surface area contributed by atoms with Crippen LogP contribution < -0.4 is 37.0 Å². The van der Waals surface area contributed by atoms with Crippen LogP contribution in [0.5, 0.6) is 0 Å². The minimum atomic E-state index is -2.44. The van der Waals surface area contributed by atoms with Crippen molar-refractivity contribution in [2.24, 2.45) is 0 Å². The van der Waals surface area contributed by atoms with E-state index in [1.165, 1.54) is 21.9 Å². The maximum atomic E-state index is 2.42. The van der Waals surface area contributed by atoms with Crippen molar-refractivity contribution in [3.8, 4) is 0 Å². The molecule has 0 amide bonds. The zero-order chi connectivity index (χ0) is 17.2. The van der Waals surface area contributed by atoms with Crippen LogP contribution in [0.15, 0.2) is 72.8 Å². The van der Waals surface area contributed by atoms with Crippen molar-refractivity contribution in [2.45, 2.75) is 32.9 Å². The molecule has 0 aliphatic heterocycles. The second kappa shape index (κ2) is 8.55. The van der Waals surface area contributed by atoms with E-state index in [0.717, 1.165) is 0 Å². The largest absolute Gasteiger partial charge is 1.00 e. The first-order chi connectivity index (χ1) is 11.6. The summed E-state index contributed by atoms with van der Waals surface area (Å²) in [5.41, 5.74) is 4.06. The number of aryl methyl sites for hydroxylation is 3. The van der Waals surface area contributed by atoms with Crippen LogP contribution in [0.4, 0.5) is 0 Å². The predicted octanol–water partition coefficient (Wildman–Crippen LogP) is 1.11. The Hall–Kier alpha value is -1.05. The maximum Gasteiger partial charge on any atom is -1.00 e. The normalized spacial score (nSPS) is 11.0. The molecule has 0 unspecified atom stereocenters. The van der Waals surface area contributed by atoms with Crippen LogP contribution in [-0.2, 0) is 0 Å². The SMILES string of the molecule is CC[As+](c1cccc(C)c1)(c1cccc(C)c1)c1cccc(C)c1.[I-]. The molecule has 25 heavy (non-hydrogen) atoms. The summed E-state index contributed by atoms with van der Waals surface area (Å²) in [6.07, 6.45) is 0. The Bertz CT molecular complexity index is 743. The van der Waals surface area contributed by atoms with Crippen molar-refractivity contribution in [1.82, 2.24) is 0 Å². The smallest absolute Gasteiger partial charge is 1.00 e. The van der Waals surface area contributed by atoms with Crippen LogP contribution in [0.2, 0.25) is 5.21 Å². The van der Waals surface area contributed by atoms with Crippen molar-refractivity contribution in [3.05, 3.63) is 89.5 Å². The monoisotopic (exact) mass is 504 g/mol. The quantitative estimate of drug-likeness (QED) is 0.369. The van der Waals surface area contributed by atoms with E-state index in [4.69, 9.17) is 0 Å². The van der Waals surface area contributed by atoms with Crippen LogP contribution in [0, 0.1) is 20.8 Å². The summed E-state index contributed by atoms with van der Waals surface area (Å²) in [6, 6.07) is 27.6. The Balaban J connectivity index is 0.00000225. The average Bonchev–Trinajstić information content (AvgIpc) is 2.56. The number of halogens is 1. The van der Waals surface area contributed by atoms with Gasteiger partial charge in [0.1, 0.15) is 0 Å². The molecule has 0 spiro atoms. The summed E-state index contributed by atoms with van der Waals surface area (Å²) in [7, 11) is 0. The molecular formula is C23H26AsI. The fraction of sp³-hybridized carbons (Fsp3) is 0.217. The molecule has 0 N–H and O–H groups in total. The molecule has 3 aromatic rings. The maximum absolute atomic E-state index is 2.44. The van der Waals surface area contributed by atoms with E-state index < -0.39 is 13.6 Å². The number of hydrogen-bond acceptors (Lipinski definition) is 0. The zero-order valence-electron chi connectivity index (χ0n) is 15.5. The van der Waals surface area contributed by atoms with Crippen molar-refractivity contribution >= 4 is 26.6 Å². The average molecular weight is 504 g/mol. The molecule has 2 heteroatoms. The molecule has 0 bridgehead atoms. The topological polar surface area (TPSA) is 0 Å². The number of benzene rings is 3. The Labute approximate surface area is 172 Å². The van der Waals surface area contributed by atoms with Gasteiger partial charge in [0.25, 0.3) is 0 Å². The molecule has 3 aromatic carbocycles. The van der Waals surface area contributed by atoms with E-state index >= 15 is 0 Å². The molecular weight excluding hydrogens is 478 g/mol. The molecule has 0 radical (unpaired) electrons. The van der Waals surface area contributed by atoms with Gasteiger partial charge in [-0.15, -0.1) is 0 Å². The van der Waals surface area contributed by atoms with Gasteiger partial charge >= 0.3 is 149 Å². The minimum Gasteiger partial charge on any atom is -1.00 e. The van der Waals surface area contributed by atoms with Gasteiger partial charge in [0.15, 0.2) is 0 Å². The van der Waals surface area contributed by atoms with Crippen LogP contribution in [0.25, 0.3) is 0 Å². The fourth-order valence-corrected chi connectivity index (χ4v) is 12.6. The molecule has 0 fully saturated rings. The Kier molecular flexibility index (Phi) is 6.93. The Morgan fingerprint density at radius 2 is 0.920 bits per heavy atom. The van der Waals surface area contributed by atoms with E-state index in [1.807, 2.05) is 0 Å². The first kappa shape index (κ1) is 20.3. The van der Waals surface area contributed by atoms with Crippen molar-refractivity contribution in [3.63, 3.8) is 0 Å². The van der Waals surface area contributed by atoms with E-state index in [1.54, 1.807) is 13.1 Å². The van der Waals surface area contributed by atoms with Crippen molar-refractivity contribution in [1.29, 1.82) is 0 Å². The summed E-state index contributed by atoms with van der Waals surface area (Å²) in [4.78, 5) is 0. The summed E-state index contributed by atoms with van der Waals surface area (Å²) >= 11 is -2.44. The van der Waals surface area contributed by atoms with Gasteiger partial charge in [0.2, 0.25) is 0 Å². The van der Waals surface area contributed by atoms with Gasteiger partial charge in [-0.25, -0.2) is 0 Å². The number of rotatable bonds is 4. The van der Waals surface area contributed by atoms with Crippen molar-refractivity contribution < 1.29 is 24.0 Å². The molecule has 0 aliphatic rings. The summed E-state index contributed by atoms with van der Waals surface area (Å²) in [5, 5.41) is 1.20. The first-order valence-electron chi connectivity index (χ1n) is 8.66. The van der Waals surface area contributed by atoms with E-state index in [9.17, 15) is 0 Å². The molecule has 130 valence electrons. The van der Waals surface area contributed by atoms with Gasteiger partial charge in [0.05, 0.1) is 0 Å². The second-order valence-corrected chi connectivity index (χ2v) is 14.6. The molecule has 0 aromatic heterocycles. The molecule has 0 nitrogen and oxygen atoms in total. The van der Waals surface area contributed by atoms with Crippen LogP contribution in [0.3, 0.4) is 0 Å². The molecule has 0 saturated carbocycles. The van der Waals surface area contributed by atoms with E-state index in [0.29, 0.717) is 0 Å². The first-order valence-corrected chi connectivity index (χ1v) is 12.8. The third-order valence-electron chi connectivity index (χ3n) is 4.80. The molecule has 0 atom stereocenters. The number of hydrogen-bond donors (Lipinski definition) is 0. The van der Waals surface area contributed by atoms with Gasteiger partial charge in [-0.05, 0) is 0 Å². The fourth-order valence-electron chi connectivity index (χ4n) is 3.59. The van der Waals surface area contributed by atoms with Gasteiger partial charge < -0.3 is 24.0 Å². The molecule has 0 aliphatic carbocycles. The van der Waals surface area contributed by atoms with Crippen LogP contribution in [0.1, 0.15) is 23.6 Å². The Morgan fingerprint density at radius 1 is 0.600 bits per heavy atom. The predicted molar refractivity (Wildman–Crippen MR) is 109 cm³/mol. The minimum absolute atomic E-state index is 0. The molecule has 3 rings (SSSR count). The molecule has 0 heterocycles. The van der Waals surface area contributed by atoms with Crippen molar-refractivity contribution in [2.75, 3.05) is 0 Å². The van der Waals surface area contributed by atoms with Crippen LogP contribution >= 0.6 is 0 Å². The van der Waals surface area contributed by atoms with E-state index in [-0.39, 0.29) is 24.0 Å². The summed E-state index contributed by atoms with van der Waals surface area (Å²) in [6.45, 7) is 8.99. The summed E-state index contributed by atoms with van der Waals surface area (Å²) < 4.78 is 4.64. The third-order valence-corrected chi connectivity index (χ3v) is 14.1. The Morgan fingerprint density at radius 3 is 1.16 bits per heavy atom. The summed E-state index contributed by atoms with van der Waals surface area (Å²) in [5.74, 6) is 0. The van der Waals surface area contributed by atoms with Gasteiger partial charge in [-0.3, -0.25) is 0 Å². The standard InChI is InChI=1S/C23H26As.HI/c1-5-24(21-12-6-9-18(2)15-21,22-13-7-10-19(3)16-22)23-14-8-11-20(4)17-23;/h6-17H,5H2,1-4H3;1H/q+1;/p-1. The van der Waals surface area contributed by atoms with E-state index in [2.05, 4.69) is 100 Å². The molecule has 0 saturated heterocycles. The second-order valence-electron chi connectivity index (χ2n) is 6.64. The third kappa shape index (κ3) is 4.04. The van der Waals surface area contributed by atoms with Gasteiger partial charge in [-0.1, -0.05) is 0 Å². The van der Waals surface area contributed by atoms with Crippen LogP contribution in [-0.4, -0.2) is 13.6 Å². The zero-order valence-corrected chi connectivity index (χ0v) is 19.5.